The normalized spacial score (nSPS) is 10.5. The number of urea groups is 1. The van der Waals surface area contributed by atoms with Gasteiger partial charge in [0.15, 0.2) is 0 Å². The molecule has 0 saturated heterocycles. The summed E-state index contributed by atoms with van der Waals surface area (Å²) in [7, 11) is 0. The van der Waals surface area contributed by atoms with E-state index < -0.39 is 0 Å². The largest absolute Gasteiger partial charge is 0.323 e. The monoisotopic (exact) mass is 399 g/mol. The van der Waals surface area contributed by atoms with Gasteiger partial charge < -0.3 is 10.6 Å². The van der Waals surface area contributed by atoms with E-state index in [2.05, 4.69) is 29.7 Å². The first-order valence-corrected chi connectivity index (χ1v) is 10.4. The molecule has 0 fully saturated rings. The van der Waals surface area contributed by atoms with Crippen LogP contribution < -0.4 is 10.6 Å². The number of aryl methyl sites for hydroxylation is 1. The Labute approximate surface area is 174 Å². The zero-order chi connectivity index (χ0) is 20.1. The number of nitrogens with one attached hydrogen (secondary N) is 2. The van der Waals surface area contributed by atoms with Crippen LogP contribution in [0.2, 0.25) is 0 Å². The third kappa shape index (κ3) is 4.70. The van der Waals surface area contributed by atoms with Gasteiger partial charge in [-0.2, -0.15) is 0 Å². The smallest absolute Gasteiger partial charge is 0.308 e. The predicted molar refractivity (Wildman–Crippen MR) is 121 cm³/mol. The van der Waals surface area contributed by atoms with Crippen LogP contribution in [0.25, 0.3) is 21.8 Å². The number of aromatic nitrogens is 1. The van der Waals surface area contributed by atoms with Gasteiger partial charge in [0.1, 0.15) is 5.01 Å². The van der Waals surface area contributed by atoms with E-state index in [1.165, 1.54) is 5.56 Å². The standard InChI is InChI=1S/C24H21N3OS/c1-2-17-11-13-20(14-12-17)25-24(28)26-21-10-6-9-19(15-21)22-16-29-23(27-22)18-7-4-3-5-8-18/h3-16H,2H2,1H3,(H2,25,26,28). The molecule has 0 aliphatic heterocycles. The Kier molecular flexibility index (Phi) is 5.68. The SMILES string of the molecule is CCc1ccc(NC(=O)Nc2cccc(-c3csc(-c4ccccc4)n3)c2)cc1. The summed E-state index contributed by atoms with van der Waals surface area (Å²) in [5.74, 6) is 0. The molecule has 1 aromatic heterocycles. The van der Waals surface area contributed by atoms with E-state index in [0.717, 1.165) is 39.6 Å². The predicted octanol–water partition coefficient (Wildman–Crippen LogP) is 6.68. The number of anilines is 2. The molecular formula is C24H21N3OS. The molecule has 5 heteroatoms. The second kappa shape index (κ2) is 8.71. The van der Waals surface area contributed by atoms with E-state index in [4.69, 9.17) is 4.98 Å². The zero-order valence-electron chi connectivity index (χ0n) is 16.1. The second-order valence-corrected chi connectivity index (χ2v) is 7.47. The Balaban J connectivity index is 1.46. The lowest BCUT2D eigenvalue weighted by molar-refractivity contribution is 0.262. The van der Waals surface area contributed by atoms with Crippen LogP contribution in [0.4, 0.5) is 16.2 Å². The van der Waals surface area contributed by atoms with Crippen molar-refractivity contribution in [1.82, 2.24) is 4.98 Å². The molecule has 0 spiro atoms. The van der Waals surface area contributed by atoms with Crippen LogP contribution in [0.15, 0.2) is 84.2 Å². The maximum absolute atomic E-state index is 12.3. The molecule has 2 N–H and O–H groups in total. The minimum atomic E-state index is -0.269. The fraction of sp³-hybridized carbons (Fsp3) is 0.0833. The van der Waals surface area contributed by atoms with Crippen molar-refractivity contribution in [3.8, 4) is 21.8 Å². The number of rotatable bonds is 5. The quantitative estimate of drug-likeness (QED) is 0.393. The van der Waals surface area contributed by atoms with Gasteiger partial charge >= 0.3 is 6.03 Å². The fourth-order valence-electron chi connectivity index (χ4n) is 2.99. The van der Waals surface area contributed by atoms with Gasteiger partial charge in [0.2, 0.25) is 0 Å². The van der Waals surface area contributed by atoms with Crippen molar-refractivity contribution in [3.63, 3.8) is 0 Å². The van der Waals surface area contributed by atoms with Crippen LogP contribution in [0.3, 0.4) is 0 Å². The Morgan fingerprint density at radius 1 is 0.862 bits per heavy atom. The van der Waals surface area contributed by atoms with Crippen molar-refractivity contribution < 1.29 is 4.79 Å². The number of carbonyl (C=O) groups excluding carboxylic acids is 1. The molecule has 4 aromatic rings. The molecule has 0 unspecified atom stereocenters. The second-order valence-electron chi connectivity index (χ2n) is 6.61. The number of amides is 2. The molecule has 3 aromatic carbocycles. The van der Waals surface area contributed by atoms with Gasteiger partial charge in [-0.3, -0.25) is 0 Å². The lowest BCUT2D eigenvalue weighted by Crippen LogP contribution is -2.19. The number of hydrogen-bond acceptors (Lipinski definition) is 3. The molecule has 0 aliphatic carbocycles. The van der Waals surface area contributed by atoms with Crippen LogP contribution in [-0.2, 0) is 6.42 Å². The first-order valence-electron chi connectivity index (χ1n) is 9.49. The van der Waals surface area contributed by atoms with Gasteiger partial charge in [0.05, 0.1) is 5.69 Å². The van der Waals surface area contributed by atoms with Crippen molar-refractivity contribution in [2.75, 3.05) is 10.6 Å². The molecule has 0 radical (unpaired) electrons. The average Bonchev–Trinajstić information content (AvgIpc) is 3.25. The molecule has 0 aliphatic rings. The van der Waals surface area contributed by atoms with Crippen LogP contribution in [0, 0.1) is 0 Å². The van der Waals surface area contributed by atoms with Crippen LogP contribution in [-0.4, -0.2) is 11.0 Å². The van der Waals surface area contributed by atoms with E-state index in [-0.39, 0.29) is 6.03 Å². The number of benzene rings is 3. The third-order valence-electron chi connectivity index (χ3n) is 4.56. The van der Waals surface area contributed by atoms with Crippen molar-refractivity contribution in [2.24, 2.45) is 0 Å². The average molecular weight is 400 g/mol. The summed E-state index contributed by atoms with van der Waals surface area (Å²) in [5.41, 5.74) is 5.69. The number of thiazole rings is 1. The maximum Gasteiger partial charge on any atom is 0.323 e. The summed E-state index contributed by atoms with van der Waals surface area (Å²) in [5, 5.41) is 8.77. The van der Waals surface area contributed by atoms with Gasteiger partial charge in [0.25, 0.3) is 0 Å². The van der Waals surface area contributed by atoms with E-state index in [9.17, 15) is 4.79 Å². The van der Waals surface area contributed by atoms with Gasteiger partial charge in [-0.25, -0.2) is 9.78 Å². The Morgan fingerprint density at radius 2 is 1.59 bits per heavy atom. The minimum absolute atomic E-state index is 0.269. The summed E-state index contributed by atoms with van der Waals surface area (Å²) in [4.78, 5) is 17.1. The highest BCUT2D eigenvalue weighted by Gasteiger charge is 2.08. The van der Waals surface area contributed by atoms with Gasteiger partial charge in [-0.1, -0.05) is 61.5 Å². The van der Waals surface area contributed by atoms with Crippen LogP contribution in [0.5, 0.6) is 0 Å². The van der Waals surface area contributed by atoms with E-state index >= 15 is 0 Å². The molecule has 1 heterocycles. The van der Waals surface area contributed by atoms with Gasteiger partial charge in [-0.05, 0) is 36.2 Å². The maximum atomic E-state index is 12.3. The molecule has 2 amide bonds. The lowest BCUT2D eigenvalue weighted by Gasteiger charge is -2.09. The highest BCUT2D eigenvalue weighted by Crippen LogP contribution is 2.29. The van der Waals surface area contributed by atoms with E-state index in [1.807, 2.05) is 72.1 Å². The fourth-order valence-corrected chi connectivity index (χ4v) is 3.83. The van der Waals surface area contributed by atoms with Gasteiger partial charge in [0, 0.05) is 27.9 Å². The highest BCUT2D eigenvalue weighted by molar-refractivity contribution is 7.13. The van der Waals surface area contributed by atoms with Crippen LogP contribution in [0.1, 0.15) is 12.5 Å². The topological polar surface area (TPSA) is 54.0 Å². The summed E-state index contributed by atoms with van der Waals surface area (Å²) < 4.78 is 0. The Bertz CT molecular complexity index is 1100. The van der Waals surface area contributed by atoms with Crippen molar-refractivity contribution >= 4 is 28.7 Å². The zero-order valence-corrected chi connectivity index (χ0v) is 16.9. The molecule has 144 valence electrons. The summed E-state index contributed by atoms with van der Waals surface area (Å²) in [6, 6.07) is 25.4. The summed E-state index contributed by atoms with van der Waals surface area (Å²) in [6.07, 6.45) is 0.974. The summed E-state index contributed by atoms with van der Waals surface area (Å²) >= 11 is 1.61. The van der Waals surface area contributed by atoms with Crippen molar-refractivity contribution in [3.05, 3.63) is 89.8 Å². The molecule has 4 nitrogen and oxygen atoms in total. The first kappa shape index (κ1) is 18.9. The summed E-state index contributed by atoms with van der Waals surface area (Å²) in [6.45, 7) is 2.10. The molecule has 0 bridgehead atoms. The first-order chi connectivity index (χ1) is 14.2. The Hall–Kier alpha value is -3.44. The van der Waals surface area contributed by atoms with Gasteiger partial charge in [-0.15, -0.1) is 11.3 Å². The highest BCUT2D eigenvalue weighted by atomic mass is 32.1. The molecular weight excluding hydrogens is 378 g/mol. The molecule has 0 saturated carbocycles. The third-order valence-corrected chi connectivity index (χ3v) is 5.45. The number of nitrogens with zero attached hydrogens (tertiary/aromatic N) is 1. The number of carbonyl (C=O) groups is 1. The number of hydrogen-bond donors (Lipinski definition) is 2. The molecule has 4 rings (SSSR count). The van der Waals surface area contributed by atoms with E-state index in [0.29, 0.717) is 0 Å². The lowest BCUT2D eigenvalue weighted by atomic mass is 10.1. The Morgan fingerprint density at radius 3 is 2.34 bits per heavy atom. The minimum Gasteiger partial charge on any atom is -0.308 e. The molecule has 29 heavy (non-hydrogen) atoms. The van der Waals surface area contributed by atoms with Crippen molar-refractivity contribution in [2.45, 2.75) is 13.3 Å². The van der Waals surface area contributed by atoms with E-state index in [1.54, 1.807) is 11.3 Å². The van der Waals surface area contributed by atoms with Crippen molar-refractivity contribution in [1.29, 1.82) is 0 Å². The van der Waals surface area contributed by atoms with Crippen LogP contribution >= 0.6 is 11.3 Å². The molecule has 0 atom stereocenters.